The molecule has 0 spiro atoms. The summed E-state index contributed by atoms with van der Waals surface area (Å²) in [5, 5.41) is 1.22. The maximum absolute atomic E-state index is 13.2. The molecule has 1 heterocycles. The number of sulfonamides is 1. The normalized spacial score (nSPS) is 21.7. The smallest absolute Gasteiger partial charge is 0.267 e. The Kier molecular flexibility index (Phi) is 5.14. The number of carbonyl (C=O) groups is 1. The molecule has 0 bridgehead atoms. The Hall–Kier alpha value is -2.18. The third-order valence-electron chi connectivity index (χ3n) is 5.71. The first-order chi connectivity index (χ1) is 13.0. The van der Waals surface area contributed by atoms with Crippen LogP contribution in [-0.2, 0) is 14.8 Å². The third kappa shape index (κ3) is 3.24. The van der Waals surface area contributed by atoms with E-state index in [1.54, 1.807) is 24.3 Å². The van der Waals surface area contributed by atoms with E-state index in [4.69, 9.17) is 0 Å². The van der Waals surface area contributed by atoms with E-state index in [1.807, 2.05) is 39.0 Å². The van der Waals surface area contributed by atoms with Crippen LogP contribution in [-0.4, -0.2) is 32.2 Å². The molecule has 4 nitrogen and oxygen atoms in total. The summed E-state index contributed by atoms with van der Waals surface area (Å²) in [6, 6.07) is 16.8. The second-order valence-electron chi connectivity index (χ2n) is 8.16. The van der Waals surface area contributed by atoms with Crippen LogP contribution in [0.15, 0.2) is 70.8 Å². The Morgan fingerprint density at radius 1 is 1.04 bits per heavy atom. The summed E-state index contributed by atoms with van der Waals surface area (Å²) < 4.78 is 27.4. The van der Waals surface area contributed by atoms with Crippen LogP contribution in [0, 0.1) is 6.92 Å². The summed E-state index contributed by atoms with van der Waals surface area (Å²) in [6.07, 6.45) is 0.537. The molecule has 0 saturated carbocycles. The van der Waals surface area contributed by atoms with Crippen LogP contribution in [0.4, 0.5) is 0 Å². The van der Waals surface area contributed by atoms with Crippen molar-refractivity contribution in [3.63, 3.8) is 0 Å². The average Bonchev–Trinajstić information content (AvgIpc) is 2.67. The van der Waals surface area contributed by atoms with Gasteiger partial charge in [0, 0.05) is 5.57 Å². The number of nitrogens with zero attached hydrogens (tertiary/aromatic N) is 1. The van der Waals surface area contributed by atoms with Crippen LogP contribution in [0.2, 0.25) is 13.1 Å². The van der Waals surface area contributed by atoms with Crippen molar-refractivity contribution in [1.82, 2.24) is 4.31 Å². The van der Waals surface area contributed by atoms with Crippen LogP contribution in [0.25, 0.3) is 0 Å². The number of carbonyl (C=O) groups excluding carboxylic acids is 1. The van der Waals surface area contributed by atoms with Gasteiger partial charge in [0.25, 0.3) is 15.9 Å². The van der Waals surface area contributed by atoms with E-state index in [0.29, 0.717) is 12.0 Å². The second-order valence-corrected chi connectivity index (χ2v) is 14.3. The van der Waals surface area contributed by atoms with Crippen LogP contribution in [0.1, 0.15) is 25.8 Å². The molecular formula is C22H27NO3SSi. The Morgan fingerprint density at radius 3 is 2.14 bits per heavy atom. The number of β-lactam (4-membered cyclic amide) rings is 1. The van der Waals surface area contributed by atoms with Gasteiger partial charge in [0.2, 0.25) is 0 Å². The number of rotatable bonds is 5. The monoisotopic (exact) mass is 413 g/mol. The lowest BCUT2D eigenvalue weighted by Crippen LogP contribution is -2.66. The molecule has 28 heavy (non-hydrogen) atoms. The van der Waals surface area contributed by atoms with Crippen molar-refractivity contribution in [3.8, 4) is 0 Å². The summed E-state index contributed by atoms with van der Waals surface area (Å²) in [4.78, 5) is 13.2. The zero-order valence-corrected chi connectivity index (χ0v) is 18.9. The second kappa shape index (κ2) is 7.01. The molecule has 2 aromatic carbocycles. The summed E-state index contributed by atoms with van der Waals surface area (Å²) in [7, 11) is -5.92. The molecule has 1 amide bonds. The molecule has 1 atom stereocenters. The number of amides is 1. The molecular weight excluding hydrogens is 386 g/mol. The third-order valence-corrected chi connectivity index (χ3v) is 10.5. The predicted molar refractivity (Wildman–Crippen MR) is 116 cm³/mol. The van der Waals surface area contributed by atoms with Gasteiger partial charge in [-0.1, -0.05) is 78.9 Å². The van der Waals surface area contributed by atoms with Gasteiger partial charge in [0.15, 0.2) is 0 Å². The zero-order chi connectivity index (χ0) is 20.7. The topological polar surface area (TPSA) is 54.5 Å². The molecule has 1 saturated heterocycles. The highest BCUT2D eigenvalue weighted by atomic mass is 32.2. The minimum absolute atomic E-state index is 0.157. The molecule has 1 aliphatic heterocycles. The molecule has 148 valence electrons. The lowest BCUT2D eigenvalue weighted by Gasteiger charge is -2.51. The van der Waals surface area contributed by atoms with E-state index in [9.17, 15) is 13.2 Å². The molecule has 6 heteroatoms. The standard InChI is InChI=1S/C22H27NO3SSi/c1-6-22(3)20(16-28(4,5)19-10-8-7-9-11-19)21(24)23(22)27(25,26)18-14-12-17(2)13-15-18/h7-16H,6H2,1-5H3/b20-16+. The van der Waals surface area contributed by atoms with Gasteiger partial charge in [0.1, 0.15) is 8.07 Å². The predicted octanol–water partition coefficient (Wildman–Crippen LogP) is 3.78. The van der Waals surface area contributed by atoms with Crippen molar-refractivity contribution in [2.24, 2.45) is 0 Å². The van der Waals surface area contributed by atoms with E-state index in [0.717, 1.165) is 9.87 Å². The van der Waals surface area contributed by atoms with Gasteiger partial charge < -0.3 is 0 Å². The van der Waals surface area contributed by atoms with Crippen molar-refractivity contribution < 1.29 is 13.2 Å². The molecule has 1 fully saturated rings. The Morgan fingerprint density at radius 2 is 1.61 bits per heavy atom. The zero-order valence-electron chi connectivity index (χ0n) is 17.1. The highest BCUT2D eigenvalue weighted by Crippen LogP contribution is 2.44. The fourth-order valence-electron chi connectivity index (χ4n) is 3.67. The van der Waals surface area contributed by atoms with E-state index in [2.05, 4.69) is 30.9 Å². The summed E-state index contributed by atoms with van der Waals surface area (Å²) >= 11 is 0. The van der Waals surface area contributed by atoms with Gasteiger partial charge in [-0.3, -0.25) is 4.79 Å². The highest BCUT2D eigenvalue weighted by molar-refractivity contribution is 7.89. The maximum atomic E-state index is 13.2. The van der Waals surface area contributed by atoms with Gasteiger partial charge in [-0.05, 0) is 32.4 Å². The lowest BCUT2D eigenvalue weighted by atomic mass is 9.82. The lowest BCUT2D eigenvalue weighted by molar-refractivity contribution is -0.134. The summed E-state index contributed by atoms with van der Waals surface area (Å²) in [5.74, 6) is -0.401. The van der Waals surface area contributed by atoms with Gasteiger partial charge in [0.05, 0.1) is 10.4 Å². The minimum atomic E-state index is -3.88. The van der Waals surface area contributed by atoms with Gasteiger partial charge in [-0.25, -0.2) is 12.7 Å². The average molecular weight is 414 g/mol. The van der Waals surface area contributed by atoms with Crippen LogP contribution < -0.4 is 5.19 Å². The summed E-state index contributed by atoms with van der Waals surface area (Å²) in [5.41, 5.74) is 2.84. The van der Waals surface area contributed by atoms with Crippen molar-refractivity contribution in [3.05, 3.63) is 71.4 Å². The molecule has 0 N–H and O–H groups in total. The molecule has 0 radical (unpaired) electrons. The van der Waals surface area contributed by atoms with Crippen LogP contribution in [0.3, 0.4) is 0 Å². The van der Waals surface area contributed by atoms with Crippen molar-refractivity contribution >= 4 is 29.2 Å². The fourth-order valence-corrected chi connectivity index (χ4v) is 7.81. The molecule has 2 aromatic rings. The highest BCUT2D eigenvalue weighted by Gasteiger charge is 2.57. The number of aryl methyl sites for hydroxylation is 1. The van der Waals surface area contributed by atoms with Crippen molar-refractivity contribution in [2.45, 2.75) is 50.7 Å². The number of benzene rings is 2. The molecule has 0 aliphatic carbocycles. The first-order valence-corrected chi connectivity index (χ1v) is 14.0. The number of hydrogen-bond acceptors (Lipinski definition) is 3. The SMILES string of the molecule is CCC1(C)/C(=C/[Si](C)(C)c2ccccc2)C(=O)N1S(=O)(=O)c1ccc(C)cc1. The van der Waals surface area contributed by atoms with E-state index < -0.39 is 29.5 Å². The molecule has 1 unspecified atom stereocenters. The summed E-state index contributed by atoms with van der Waals surface area (Å²) in [6.45, 7) is 10.0. The van der Waals surface area contributed by atoms with Crippen molar-refractivity contribution in [1.29, 1.82) is 0 Å². The van der Waals surface area contributed by atoms with Gasteiger partial charge >= 0.3 is 0 Å². The van der Waals surface area contributed by atoms with Gasteiger partial charge in [-0.15, -0.1) is 0 Å². The van der Waals surface area contributed by atoms with E-state index in [1.165, 1.54) is 5.19 Å². The van der Waals surface area contributed by atoms with E-state index in [-0.39, 0.29) is 4.90 Å². The van der Waals surface area contributed by atoms with Gasteiger partial charge in [-0.2, -0.15) is 0 Å². The quantitative estimate of drug-likeness (QED) is 0.426. The maximum Gasteiger partial charge on any atom is 0.267 e. The van der Waals surface area contributed by atoms with E-state index >= 15 is 0 Å². The first-order valence-electron chi connectivity index (χ1n) is 9.49. The number of hydrogen-bond donors (Lipinski definition) is 0. The first kappa shape index (κ1) is 20.5. The molecule has 1 aliphatic rings. The Labute approximate surface area is 169 Å². The molecule has 3 rings (SSSR count). The largest absolute Gasteiger partial charge is 0.268 e. The van der Waals surface area contributed by atoms with Crippen LogP contribution in [0.5, 0.6) is 0 Å². The van der Waals surface area contributed by atoms with Crippen LogP contribution >= 0.6 is 0 Å². The van der Waals surface area contributed by atoms with Crippen molar-refractivity contribution in [2.75, 3.05) is 0 Å². The fraction of sp³-hybridized carbons (Fsp3) is 0.318. The Bertz CT molecular complexity index is 1030. The minimum Gasteiger partial charge on any atom is -0.268 e. The Balaban J connectivity index is 2.02. The molecule has 0 aromatic heterocycles.